The van der Waals surface area contributed by atoms with Crippen LogP contribution in [-0.2, 0) is 19.4 Å². The average Bonchev–Trinajstić information content (AvgIpc) is 3.08. The summed E-state index contributed by atoms with van der Waals surface area (Å²) in [5.41, 5.74) is 1.31. The molecule has 0 bridgehead atoms. The first-order chi connectivity index (χ1) is 10.1. The molecule has 0 saturated carbocycles. The maximum atomic E-state index is 12.3. The molecule has 0 aliphatic heterocycles. The van der Waals surface area contributed by atoms with Gasteiger partial charge < -0.3 is 9.88 Å². The second-order valence-corrected chi connectivity index (χ2v) is 6.43. The number of aromatic nitrogens is 2. The first-order valence-electron chi connectivity index (χ1n) is 7.52. The van der Waals surface area contributed by atoms with Gasteiger partial charge in [-0.05, 0) is 31.4 Å². The standard InChI is InChI=1S/C16H23N3OS/c1-4-6-14-13(5-2)9-15(21-14)16(20)18-12(3)10-19-8-7-17-11-19/h7-9,11-12H,4-6,10H2,1-3H3,(H,18,20)/t12-/m0/s1. The van der Waals surface area contributed by atoms with E-state index in [-0.39, 0.29) is 11.9 Å². The second kappa shape index (κ2) is 7.41. The van der Waals surface area contributed by atoms with Crippen LogP contribution in [0, 0.1) is 0 Å². The minimum atomic E-state index is 0.0321. The molecule has 0 fully saturated rings. The number of aryl methyl sites for hydroxylation is 2. The fourth-order valence-corrected chi connectivity index (χ4v) is 3.63. The van der Waals surface area contributed by atoms with Crippen LogP contribution < -0.4 is 5.32 Å². The highest BCUT2D eigenvalue weighted by Gasteiger charge is 2.15. The monoisotopic (exact) mass is 305 g/mol. The fraction of sp³-hybridized carbons (Fsp3) is 0.500. The predicted octanol–water partition coefficient (Wildman–Crippen LogP) is 3.28. The van der Waals surface area contributed by atoms with Crippen LogP contribution in [0.1, 0.15) is 47.3 Å². The number of nitrogens with zero attached hydrogens (tertiary/aromatic N) is 2. The first-order valence-corrected chi connectivity index (χ1v) is 8.33. The second-order valence-electron chi connectivity index (χ2n) is 5.30. The number of imidazole rings is 1. The predicted molar refractivity (Wildman–Crippen MR) is 86.8 cm³/mol. The number of hydrogen-bond donors (Lipinski definition) is 1. The summed E-state index contributed by atoms with van der Waals surface area (Å²) < 4.78 is 1.97. The molecular formula is C16H23N3OS. The van der Waals surface area contributed by atoms with E-state index in [1.165, 1.54) is 10.4 Å². The molecule has 0 aliphatic carbocycles. The van der Waals surface area contributed by atoms with Gasteiger partial charge in [-0.3, -0.25) is 4.79 Å². The number of rotatable bonds is 7. The molecule has 2 aromatic heterocycles. The van der Waals surface area contributed by atoms with Gasteiger partial charge in [-0.25, -0.2) is 4.98 Å². The van der Waals surface area contributed by atoms with Crippen molar-refractivity contribution in [2.24, 2.45) is 0 Å². The molecule has 1 N–H and O–H groups in total. The van der Waals surface area contributed by atoms with Crippen LogP contribution >= 0.6 is 11.3 Å². The summed E-state index contributed by atoms with van der Waals surface area (Å²) in [6.07, 6.45) is 8.59. The number of thiophene rings is 1. The Hall–Kier alpha value is -1.62. The van der Waals surface area contributed by atoms with Crippen molar-refractivity contribution in [1.29, 1.82) is 0 Å². The van der Waals surface area contributed by atoms with Gasteiger partial charge in [0, 0.05) is 29.9 Å². The van der Waals surface area contributed by atoms with Crippen molar-refractivity contribution in [2.45, 2.75) is 52.6 Å². The lowest BCUT2D eigenvalue weighted by molar-refractivity contribution is 0.0941. The van der Waals surface area contributed by atoms with Gasteiger partial charge in [-0.15, -0.1) is 11.3 Å². The van der Waals surface area contributed by atoms with Gasteiger partial charge in [0.1, 0.15) is 0 Å². The molecule has 1 amide bonds. The van der Waals surface area contributed by atoms with Crippen LogP contribution in [0.3, 0.4) is 0 Å². The van der Waals surface area contributed by atoms with Gasteiger partial charge in [-0.1, -0.05) is 20.3 Å². The van der Waals surface area contributed by atoms with Crippen LogP contribution in [-0.4, -0.2) is 21.5 Å². The Kier molecular flexibility index (Phi) is 5.56. The molecule has 2 rings (SSSR count). The van der Waals surface area contributed by atoms with Crippen molar-refractivity contribution < 1.29 is 4.79 Å². The molecule has 1 atom stereocenters. The SMILES string of the molecule is CCCc1sc(C(=O)N[C@@H](C)Cn2ccnc2)cc1CC. The molecular weight excluding hydrogens is 282 g/mol. The third-order valence-electron chi connectivity index (χ3n) is 3.40. The van der Waals surface area contributed by atoms with Gasteiger partial charge in [0.15, 0.2) is 0 Å². The molecule has 114 valence electrons. The van der Waals surface area contributed by atoms with Crippen LogP contribution in [0.25, 0.3) is 0 Å². The quantitative estimate of drug-likeness (QED) is 0.853. The number of hydrogen-bond acceptors (Lipinski definition) is 3. The summed E-state index contributed by atoms with van der Waals surface area (Å²) in [6, 6.07) is 2.13. The van der Waals surface area contributed by atoms with Crippen molar-refractivity contribution in [3.8, 4) is 0 Å². The normalized spacial score (nSPS) is 12.3. The highest BCUT2D eigenvalue weighted by molar-refractivity contribution is 7.14. The largest absolute Gasteiger partial charge is 0.347 e. The highest BCUT2D eigenvalue weighted by Crippen LogP contribution is 2.24. The van der Waals surface area contributed by atoms with E-state index in [2.05, 4.69) is 30.2 Å². The Morgan fingerprint density at radius 3 is 2.90 bits per heavy atom. The smallest absolute Gasteiger partial charge is 0.261 e. The maximum Gasteiger partial charge on any atom is 0.261 e. The van der Waals surface area contributed by atoms with Crippen molar-refractivity contribution >= 4 is 17.2 Å². The Labute approximate surface area is 130 Å². The molecule has 0 spiro atoms. The fourth-order valence-electron chi connectivity index (χ4n) is 2.37. The van der Waals surface area contributed by atoms with Crippen molar-refractivity contribution in [3.63, 3.8) is 0 Å². The van der Waals surface area contributed by atoms with E-state index in [0.29, 0.717) is 0 Å². The summed E-state index contributed by atoms with van der Waals surface area (Å²) in [7, 11) is 0. The van der Waals surface area contributed by atoms with Crippen LogP contribution in [0.15, 0.2) is 24.8 Å². The van der Waals surface area contributed by atoms with Gasteiger partial charge in [0.2, 0.25) is 0 Å². The van der Waals surface area contributed by atoms with E-state index < -0.39 is 0 Å². The summed E-state index contributed by atoms with van der Waals surface area (Å²) in [5.74, 6) is 0.0321. The van der Waals surface area contributed by atoms with Crippen LogP contribution in [0.5, 0.6) is 0 Å². The molecule has 0 unspecified atom stereocenters. The molecule has 0 aliphatic rings. The van der Waals surface area contributed by atoms with Crippen molar-refractivity contribution in [2.75, 3.05) is 0 Å². The number of carbonyl (C=O) groups excluding carboxylic acids is 1. The lowest BCUT2D eigenvalue weighted by Crippen LogP contribution is -2.35. The van der Waals surface area contributed by atoms with E-state index in [4.69, 9.17) is 0 Å². The Balaban J connectivity index is 1.99. The number of nitrogens with one attached hydrogen (secondary N) is 1. The average molecular weight is 305 g/mol. The summed E-state index contributed by atoms with van der Waals surface area (Å²) in [4.78, 5) is 18.5. The van der Waals surface area contributed by atoms with Gasteiger partial charge >= 0.3 is 0 Å². The third-order valence-corrected chi connectivity index (χ3v) is 4.64. The zero-order chi connectivity index (χ0) is 15.2. The topological polar surface area (TPSA) is 46.9 Å². The molecule has 4 nitrogen and oxygen atoms in total. The highest BCUT2D eigenvalue weighted by atomic mass is 32.1. The lowest BCUT2D eigenvalue weighted by Gasteiger charge is -2.13. The molecule has 21 heavy (non-hydrogen) atoms. The van der Waals surface area contributed by atoms with Crippen LogP contribution in [0.2, 0.25) is 0 Å². The minimum Gasteiger partial charge on any atom is -0.347 e. The molecule has 0 aromatic carbocycles. The number of carbonyl (C=O) groups is 1. The van der Waals surface area contributed by atoms with Gasteiger partial charge in [0.25, 0.3) is 5.91 Å². The molecule has 0 saturated heterocycles. The molecule has 0 radical (unpaired) electrons. The van der Waals surface area contributed by atoms with Gasteiger partial charge in [0.05, 0.1) is 11.2 Å². The van der Waals surface area contributed by atoms with Crippen LogP contribution in [0.4, 0.5) is 0 Å². The summed E-state index contributed by atoms with van der Waals surface area (Å²) in [6.45, 7) is 7.06. The minimum absolute atomic E-state index is 0.0321. The Morgan fingerprint density at radius 2 is 2.29 bits per heavy atom. The third kappa shape index (κ3) is 4.17. The van der Waals surface area contributed by atoms with E-state index in [0.717, 1.165) is 30.7 Å². The number of amides is 1. The maximum absolute atomic E-state index is 12.3. The lowest BCUT2D eigenvalue weighted by atomic mass is 10.1. The van der Waals surface area contributed by atoms with Crippen molar-refractivity contribution in [3.05, 3.63) is 40.1 Å². The molecule has 5 heteroatoms. The summed E-state index contributed by atoms with van der Waals surface area (Å²) >= 11 is 1.64. The van der Waals surface area contributed by atoms with Crippen molar-refractivity contribution in [1.82, 2.24) is 14.9 Å². The Bertz CT molecular complexity index is 574. The van der Waals surface area contributed by atoms with E-state index >= 15 is 0 Å². The Morgan fingerprint density at radius 1 is 1.48 bits per heavy atom. The summed E-state index contributed by atoms with van der Waals surface area (Å²) in [5, 5.41) is 3.06. The van der Waals surface area contributed by atoms with Gasteiger partial charge in [-0.2, -0.15) is 0 Å². The zero-order valence-electron chi connectivity index (χ0n) is 12.9. The van der Waals surface area contributed by atoms with E-state index in [1.807, 2.05) is 17.7 Å². The molecule has 2 aromatic rings. The first kappa shape index (κ1) is 15.8. The van der Waals surface area contributed by atoms with E-state index in [9.17, 15) is 4.79 Å². The van der Waals surface area contributed by atoms with E-state index in [1.54, 1.807) is 23.9 Å². The molecule has 2 heterocycles. The zero-order valence-corrected chi connectivity index (χ0v) is 13.7.